The minimum absolute atomic E-state index is 0.00957. The fraction of sp³-hybridized carbons (Fsp3) is 0.333. The number of hydrogen-bond donors (Lipinski definition) is 1. The molecule has 0 aliphatic heterocycles. The van der Waals surface area contributed by atoms with E-state index in [-0.39, 0.29) is 10.5 Å². The molecule has 0 aliphatic carbocycles. The molecule has 4 nitrogen and oxygen atoms in total. The molecular weight excluding hydrogens is 337 g/mol. The zero-order chi connectivity index (χ0) is 14.9. The Morgan fingerprint density at radius 1 is 1.40 bits per heavy atom. The number of nitrogens with zero attached hydrogens (tertiary/aromatic N) is 3. The van der Waals surface area contributed by atoms with Crippen LogP contribution < -0.4 is 5.73 Å². The van der Waals surface area contributed by atoms with E-state index in [1.54, 1.807) is 6.20 Å². The predicted molar refractivity (Wildman–Crippen MR) is 71.4 cm³/mol. The third-order valence-corrected chi connectivity index (χ3v) is 3.28. The van der Waals surface area contributed by atoms with Crippen molar-refractivity contribution >= 4 is 15.9 Å². The molecule has 0 saturated heterocycles. The summed E-state index contributed by atoms with van der Waals surface area (Å²) in [6.07, 6.45) is -2.33. The van der Waals surface area contributed by atoms with Crippen molar-refractivity contribution in [3.05, 3.63) is 40.1 Å². The van der Waals surface area contributed by atoms with Gasteiger partial charge in [-0.2, -0.15) is 13.2 Å². The van der Waals surface area contributed by atoms with Crippen molar-refractivity contribution in [1.29, 1.82) is 0 Å². The van der Waals surface area contributed by atoms with Crippen molar-refractivity contribution in [1.82, 2.24) is 15.0 Å². The molecule has 20 heavy (non-hydrogen) atoms. The molecule has 1 aromatic heterocycles. The first-order valence-corrected chi connectivity index (χ1v) is 6.60. The lowest BCUT2D eigenvalue weighted by atomic mass is 10.2. The summed E-state index contributed by atoms with van der Waals surface area (Å²) in [5.41, 5.74) is 5.82. The van der Waals surface area contributed by atoms with E-state index in [1.807, 2.05) is 6.92 Å². The molecule has 0 amide bonds. The Hall–Kier alpha value is -1.41. The standard InChI is InChI=1S/C12H12BrF3N4/c1-7(17)4-8-6-20(19-18-8)9-2-3-11(13)10(5-9)12(14,15)16/h2-3,5-7H,4,17H2,1H3/t7-/m0/s1. The molecule has 108 valence electrons. The Kier molecular flexibility index (Phi) is 4.14. The summed E-state index contributed by atoms with van der Waals surface area (Å²) in [5.74, 6) is 0. The topological polar surface area (TPSA) is 56.7 Å². The summed E-state index contributed by atoms with van der Waals surface area (Å²) in [5, 5.41) is 7.71. The van der Waals surface area contributed by atoms with Gasteiger partial charge in [-0.05, 0) is 25.1 Å². The van der Waals surface area contributed by atoms with Gasteiger partial charge in [-0.1, -0.05) is 21.1 Å². The zero-order valence-electron chi connectivity index (χ0n) is 10.5. The van der Waals surface area contributed by atoms with Crippen LogP contribution in [0.15, 0.2) is 28.9 Å². The highest BCUT2D eigenvalue weighted by atomic mass is 79.9. The van der Waals surface area contributed by atoms with E-state index in [0.29, 0.717) is 17.8 Å². The first-order valence-electron chi connectivity index (χ1n) is 5.81. The summed E-state index contributed by atoms with van der Waals surface area (Å²) in [6, 6.07) is 3.80. The van der Waals surface area contributed by atoms with Crippen molar-refractivity contribution in [3.63, 3.8) is 0 Å². The number of halogens is 4. The molecule has 2 rings (SSSR count). The van der Waals surface area contributed by atoms with Gasteiger partial charge in [0.1, 0.15) is 0 Å². The lowest BCUT2D eigenvalue weighted by molar-refractivity contribution is -0.138. The summed E-state index contributed by atoms with van der Waals surface area (Å²) in [4.78, 5) is 0. The van der Waals surface area contributed by atoms with Gasteiger partial charge in [-0.25, -0.2) is 4.68 Å². The van der Waals surface area contributed by atoms with Crippen LogP contribution in [0.1, 0.15) is 18.2 Å². The maximum absolute atomic E-state index is 12.8. The molecule has 0 fully saturated rings. The number of nitrogens with two attached hydrogens (primary N) is 1. The number of hydrogen-bond acceptors (Lipinski definition) is 3. The van der Waals surface area contributed by atoms with Crippen LogP contribution >= 0.6 is 15.9 Å². The molecular formula is C12H12BrF3N4. The number of rotatable bonds is 3. The molecule has 0 aliphatic rings. The van der Waals surface area contributed by atoms with Gasteiger partial charge >= 0.3 is 6.18 Å². The van der Waals surface area contributed by atoms with Crippen LogP contribution in [0.25, 0.3) is 5.69 Å². The van der Waals surface area contributed by atoms with Gasteiger partial charge in [0, 0.05) is 16.9 Å². The molecule has 0 radical (unpaired) electrons. The van der Waals surface area contributed by atoms with Crippen molar-refractivity contribution in [2.24, 2.45) is 5.73 Å². The summed E-state index contributed by atoms with van der Waals surface area (Å²) in [6.45, 7) is 1.82. The average molecular weight is 349 g/mol. The summed E-state index contributed by atoms with van der Waals surface area (Å²) in [7, 11) is 0. The average Bonchev–Trinajstić information content (AvgIpc) is 2.75. The van der Waals surface area contributed by atoms with Gasteiger partial charge in [0.2, 0.25) is 0 Å². The lowest BCUT2D eigenvalue weighted by Crippen LogP contribution is -2.17. The Bertz CT molecular complexity index is 607. The van der Waals surface area contributed by atoms with Gasteiger partial charge in [0.15, 0.2) is 0 Å². The molecule has 1 aromatic carbocycles. The predicted octanol–water partition coefficient (Wildman–Crippen LogP) is 2.94. The normalized spacial score (nSPS) is 13.5. The van der Waals surface area contributed by atoms with Gasteiger partial charge in [0.25, 0.3) is 0 Å². The molecule has 2 N–H and O–H groups in total. The molecule has 0 unspecified atom stereocenters. The number of alkyl halides is 3. The third kappa shape index (κ3) is 3.37. The fourth-order valence-electron chi connectivity index (χ4n) is 1.72. The third-order valence-electron chi connectivity index (χ3n) is 2.59. The number of aromatic nitrogens is 3. The van der Waals surface area contributed by atoms with E-state index >= 15 is 0 Å². The largest absolute Gasteiger partial charge is 0.417 e. The Morgan fingerprint density at radius 2 is 2.10 bits per heavy atom. The van der Waals surface area contributed by atoms with Crippen LogP contribution in [0.3, 0.4) is 0 Å². The van der Waals surface area contributed by atoms with E-state index in [9.17, 15) is 13.2 Å². The van der Waals surface area contributed by atoms with E-state index < -0.39 is 11.7 Å². The van der Waals surface area contributed by atoms with Crippen LogP contribution in [-0.4, -0.2) is 21.0 Å². The lowest BCUT2D eigenvalue weighted by Gasteiger charge is -2.10. The maximum Gasteiger partial charge on any atom is 0.417 e. The first-order chi connectivity index (χ1) is 9.27. The van der Waals surface area contributed by atoms with Crippen molar-refractivity contribution in [3.8, 4) is 5.69 Å². The second kappa shape index (κ2) is 5.53. The minimum Gasteiger partial charge on any atom is -0.328 e. The molecule has 8 heteroatoms. The highest BCUT2D eigenvalue weighted by Crippen LogP contribution is 2.35. The van der Waals surface area contributed by atoms with E-state index in [1.165, 1.54) is 16.8 Å². The quantitative estimate of drug-likeness (QED) is 0.927. The van der Waals surface area contributed by atoms with Crippen LogP contribution in [-0.2, 0) is 12.6 Å². The van der Waals surface area contributed by atoms with E-state index in [2.05, 4.69) is 26.2 Å². The van der Waals surface area contributed by atoms with Crippen LogP contribution in [0.2, 0.25) is 0 Å². The molecule has 0 bridgehead atoms. The first kappa shape index (κ1) is 15.0. The van der Waals surface area contributed by atoms with E-state index in [0.717, 1.165) is 6.07 Å². The molecule has 0 saturated carbocycles. The van der Waals surface area contributed by atoms with E-state index in [4.69, 9.17) is 5.73 Å². The summed E-state index contributed by atoms with van der Waals surface area (Å²) < 4.78 is 39.8. The maximum atomic E-state index is 12.8. The van der Waals surface area contributed by atoms with Crippen molar-refractivity contribution in [2.75, 3.05) is 0 Å². The molecule has 2 aromatic rings. The Balaban J connectivity index is 2.36. The molecule has 1 atom stereocenters. The molecule has 0 spiro atoms. The van der Waals surface area contributed by atoms with Gasteiger partial charge in [-0.3, -0.25) is 0 Å². The fourth-order valence-corrected chi connectivity index (χ4v) is 2.19. The highest BCUT2D eigenvalue weighted by molar-refractivity contribution is 9.10. The SMILES string of the molecule is C[C@H](N)Cc1cn(-c2ccc(Br)c(C(F)(F)F)c2)nn1. The Labute approximate surface area is 121 Å². The van der Waals surface area contributed by atoms with Crippen LogP contribution in [0.4, 0.5) is 13.2 Å². The Morgan fingerprint density at radius 3 is 2.70 bits per heavy atom. The van der Waals surface area contributed by atoms with Crippen LogP contribution in [0.5, 0.6) is 0 Å². The summed E-state index contributed by atoms with van der Waals surface area (Å²) >= 11 is 2.89. The van der Waals surface area contributed by atoms with Crippen molar-refractivity contribution in [2.45, 2.75) is 25.6 Å². The van der Waals surface area contributed by atoms with Gasteiger partial charge in [-0.15, -0.1) is 5.10 Å². The van der Waals surface area contributed by atoms with Crippen LogP contribution in [0, 0.1) is 0 Å². The minimum atomic E-state index is -4.43. The van der Waals surface area contributed by atoms with Crippen molar-refractivity contribution < 1.29 is 13.2 Å². The van der Waals surface area contributed by atoms with Gasteiger partial charge in [0.05, 0.1) is 23.1 Å². The monoisotopic (exact) mass is 348 g/mol. The molecule has 1 heterocycles. The van der Waals surface area contributed by atoms with Gasteiger partial charge < -0.3 is 5.73 Å². The number of benzene rings is 1. The smallest absolute Gasteiger partial charge is 0.328 e. The second-order valence-electron chi connectivity index (χ2n) is 4.50. The highest BCUT2D eigenvalue weighted by Gasteiger charge is 2.33. The second-order valence-corrected chi connectivity index (χ2v) is 5.35. The zero-order valence-corrected chi connectivity index (χ0v) is 12.1.